The largest absolute Gasteiger partial charge is 0.385 e. The van der Waals surface area contributed by atoms with Crippen LogP contribution in [0.4, 0.5) is 0 Å². The Morgan fingerprint density at radius 3 is 2.79 bits per heavy atom. The van der Waals surface area contributed by atoms with Gasteiger partial charge in [-0.05, 0) is 45.7 Å². The Kier molecular flexibility index (Phi) is 8.52. The highest BCUT2D eigenvalue weighted by Gasteiger charge is 2.19. The van der Waals surface area contributed by atoms with Gasteiger partial charge in [-0.15, -0.1) is 0 Å². The number of hydrogen-bond acceptors (Lipinski definition) is 2. The number of hydrogen-bond donors (Lipinski definition) is 1. The summed E-state index contributed by atoms with van der Waals surface area (Å²) in [5, 5.41) is 4.07. The molecule has 0 unspecified atom stereocenters. The Morgan fingerprint density at radius 1 is 1.29 bits per heavy atom. The van der Waals surface area contributed by atoms with E-state index in [1.165, 1.54) is 5.57 Å². The summed E-state index contributed by atoms with van der Waals surface area (Å²) in [6.45, 7) is 10.5. The van der Waals surface area contributed by atoms with Gasteiger partial charge < -0.3 is 14.6 Å². The molecule has 4 nitrogen and oxygen atoms in total. The van der Waals surface area contributed by atoms with Crippen molar-refractivity contribution in [2.24, 2.45) is 0 Å². The van der Waals surface area contributed by atoms with Crippen LogP contribution in [0, 0.1) is 13.8 Å². The van der Waals surface area contributed by atoms with Gasteiger partial charge in [-0.1, -0.05) is 48.8 Å². The maximum Gasteiger partial charge on any atom is 0.253 e. The summed E-state index contributed by atoms with van der Waals surface area (Å²) >= 11 is 0. The molecule has 1 N–H and O–H groups in total. The van der Waals surface area contributed by atoms with Gasteiger partial charge in [0.1, 0.15) is 0 Å². The molecule has 0 aliphatic heterocycles. The van der Waals surface area contributed by atoms with Crippen molar-refractivity contribution < 1.29 is 9.53 Å². The lowest BCUT2D eigenvalue weighted by Gasteiger charge is -2.09. The van der Waals surface area contributed by atoms with Gasteiger partial charge >= 0.3 is 0 Å². The van der Waals surface area contributed by atoms with Crippen molar-refractivity contribution in [3.8, 4) is 0 Å². The van der Waals surface area contributed by atoms with Gasteiger partial charge in [0, 0.05) is 43.4 Å². The molecule has 1 amide bonds. The number of unbranched alkanes of at least 4 members (excludes halogenated alkanes) is 1. The molecule has 4 heteroatoms. The lowest BCUT2D eigenvalue weighted by Crippen LogP contribution is -2.25. The fraction of sp³-hybridized carbons (Fsp3) is 0.458. The molecule has 28 heavy (non-hydrogen) atoms. The molecule has 1 heterocycles. The van der Waals surface area contributed by atoms with Crippen molar-refractivity contribution in [1.29, 1.82) is 0 Å². The minimum atomic E-state index is -0.00701. The van der Waals surface area contributed by atoms with Crippen LogP contribution in [0.3, 0.4) is 0 Å². The fourth-order valence-corrected chi connectivity index (χ4v) is 3.39. The number of ether oxygens (including phenoxy) is 1. The molecule has 2 aromatic rings. The molecule has 0 radical (unpaired) electrons. The number of rotatable bonds is 10. The van der Waals surface area contributed by atoms with E-state index in [2.05, 4.69) is 67.1 Å². The van der Waals surface area contributed by atoms with Gasteiger partial charge in [0.15, 0.2) is 0 Å². The van der Waals surface area contributed by atoms with Crippen LogP contribution in [0.25, 0.3) is 10.9 Å². The SMILES string of the molecule is CCC/C=C\C=C(/C)Cn1c(C)c(C(=O)NCCCOC)c2cc(C)ccc21. The highest BCUT2D eigenvalue weighted by Crippen LogP contribution is 2.28. The Balaban J connectivity index is 2.34. The Morgan fingerprint density at radius 2 is 2.07 bits per heavy atom. The van der Waals surface area contributed by atoms with Crippen molar-refractivity contribution in [2.45, 2.75) is 53.5 Å². The minimum absolute atomic E-state index is 0.00701. The van der Waals surface area contributed by atoms with E-state index < -0.39 is 0 Å². The van der Waals surface area contributed by atoms with Crippen molar-refractivity contribution in [3.05, 3.63) is 58.8 Å². The third kappa shape index (κ3) is 5.59. The van der Waals surface area contributed by atoms with E-state index in [9.17, 15) is 4.79 Å². The summed E-state index contributed by atoms with van der Waals surface area (Å²) in [7, 11) is 1.68. The van der Waals surface area contributed by atoms with Crippen molar-refractivity contribution in [1.82, 2.24) is 9.88 Å². The number of carbonyl (C=O) groups is 1. The monoisotopic (exact) mass is 382 g/mol. The van der Waals surface area contributed by atoms with Crippen LogP contribution in [0.1, 0.15) is 54.7 Å². The summed E-state index contributed by atoms with van der Waals surface area (Å²) in [5.74, 6) is -0.00701. The third-order valence-electron chi connectivity index (χ3n) is 4.90. The first-order valence-electron chi connectivity index (χ1n) is 10.2. The van der Waals surface area contributed by atoms with Crippen LogP contribution in [0.15, 0.2) is 42.0 Å². The van der Waals surface area contributed by atoms with Crippen molar-refractivity contribution >= 4 is 16.8 Å². The molecule has 2 rings (SSSR count). The second kappa shape index (κ2) is 10.9. The smallest absolute Gasteiger partial charge is 0.253 e. The van der Waals surface area contributed by atoms with Crippen LogP contribution in [0.2, 0.25) is 0 Å². The first-order valence-corrected chi connectivity index (χ1v) is 10.2. The maximum absolute atomic E-state index is 12.9. The Bertz CT molecular complexity index is 859. The second-order valence-electron chi connectivity index (χ2n) is 7.40. The van der Waals surface area contributed by atoms with Gasteiger partial charge in [-0.2, -0.15) is 0 Å². The molecule has 0 aliphatic rings. The van der Waals surface area contributed by atoms with E-state index >= 15 is 0 Å². The molecule has 0 saturated heterocycles. The number of benzene rings is 1. The van der Waals surface area contributed by atoms with Gasteiger partial charge in [-0.3, -0.25) is 4.79 Å². The fourth-order valence-electron chi connectivity index (χ4n) is 3.39. The lowest BCUT2D eigenvalue weighted by atomic mass is 10.1. The first-order chi connectivity index (χ1) is 13.5. The average molecular weight is 383 g/mol. The summed E-state index contributed by atoms with van der Waals surface area (Å²) in [4.78, 5) is 12.9. The molecule has 0 atom stereocenters. The van der Waals surface area contributed by atoms with E-state index in [-0.39, 0.29) is 5.91 Å². The topological polar surface area (TPSA) is 43.3 Å². The normalized spacial score (nSPS) is 12.2. The molecule has 1 aromatic heterocycles. The zero-order chi connectivity index (χ0) is 20.5. The number of amides is 1. The van der Waals surface area contributed by atoms with Crippen LogP contribution in [0.5, 0.6) is 0 Å². The number of aromatic nitrogens is 1. The zero-order valence-corrected chi connectivity index (χ0v) is 18.0. The van der Waals surface area contributed by atoms with E-state index in [4.69, 9.17) is 4.74 Å². The van der Waals surface area contributed by atoms with Crippen LogP contribution >= 0.6 is 0 Å². The molecule has 0 aliphatic carbocycles. The Labute approximate surface area is 169 Å². The maximum atomic E-state index is 12.9. The predicted molar refractivity (Wildman–Crippen MR) is 118 cm³/mol. The first kappa shape index (κ1) is 22.0. The number of allylic oxidation sites excluding steroid dienone is 4. The number of methoxy groups -OCH3 is 1. The van der Waals surface area contributed by atoms with Gasteiger partial charge in [0.05, 0.1) is 5.56 Å². The van der Waals surface area contributed by atoms with Gasteiger partial charge in [0.25, 0.3) is 5.91 Å². The van der Waals surface area contributed by atoms with E-state index in [1.807, 2.05) is 6.92 Å². The third-order valence-corrected chi connectivity index (χ3v) is 4.90. The average Bonchev–Trinajstić information content (AvgIpc) is 2.93. The summed E-state index contributed by atoms with van der Waals surface area (Å²) in [6, 6.07) is 6.35. The standard InChI is InChI=1S/C24H34N2O2/c1-6-7-8-9-11-19(3)17-26-20(4)23(24(27)25-14-10-15-28-5)21-16-18(2)12-13-22(21)26/h8-9,11-13,16H,6-7,10,14-15,17H2,1-5H3,(H,25,27)/b9-8-,19-11+. The predicted octanol–water partition coefficient (Wildman–Crippen LogP) is 5.33. The number of aryl methyl sites for hydroxylation is 1. The molecule has 0 fully saturated rings. The number of nitrogens with one attached hydrogen (secondary N) is 1. The zero-order valence-electron chi connectivity index (χ0n) is 18.0. The summed E-state index contributed by atoms with van der Waals surface area (Å²) in [5.41, 5.74) is 5.32. The quantitative estimate of drug-likeness (QED) is 0.446. The van der Waals surface area contributed by atoms with E-state index in [0.29, 0.717) is 13.2 Å². The summed E-state index contributed by atoms with van der Waals surface area (Å²) < 4.78 is 7.32. The van der Waals surface area contributed by atoms with Gasteiger partial charge in [-0.25, -0.2) is 0 Å². The molecular weight excluding hydrogens is 348 g/mol. The minimum Gasteiger partial charge on any atom is -0.385 e. The molecular formula is C24H34N2O2. The number of fused-ring (bicyclic) bond motifs is 1. The van der Waals surface area contributed by atoms with Crippen LogP contribution in [-0.2, 0) is 11.3 Å². The summed E-state index contributed by atoms with van der Waals surface area (Å²) in [6.07, 6.45) is 9.57. The van der Waals surface area contributed by atoms with Crippen molar-refractivity contribution in [2.75, 3.05) is 20.3 Å². The molecule has 1 aromatic carbocycles. The van der Waals surface area contributed by atoms with Crippen LogP contribution < -0.4 is 5.32 Å². The van der Waals surface area contributed by atoms with Crippen molar-refractivity contribution in [3.63, 3.8) is 0 Å². The Hall–Kier alpha value is -2.33. The molecule has 152 valence electrons. The lowest BCUT2D eigenvalue weighted by molar-refractivity contribution is 0.0949. The second-order valence-corrected chi connectivity index (χ2v) is 7.40. The number of carbonyl (C=O) groups excluding carboxylic acids is 1. The molecule has 0 spiro atoms. The van der Waals surface area contributed by atoms with Crippen LogP contribution in [-0.4, -0.2) is 30.7 Å². The van der Waals surface area contributed by atoms with E-state index in [1.54, 1.807) is 7.11 Å². The highest BCUT2D eigenvalue weighted by molar-refractivity contribution is 6.08. The van der Waals surface area contributed by atoms with E-state index in [0.717, 1.165) is 53.5 Å². The molecule has 0 bridgehead atoms. The highest BCUT2D eigenvalue weighted by atomic mass is 16.5. The molecule has 0 saturated carbocycles. The van der Waals surface area contributed by atoms with Gasteiger partial charge in [0.2, 0.25) is 0 Å². The number of nitrogens with zero attached hydrogens (tertiary/aromatic N) is 1.